The molecule has 2 aromatic rings. The predicted octanol–water partition coefficient (Wildman–Crippen LogP) is 3.39. The van der Waals surface area contributed by atoms with Gasteiger partial charge in [0.15, 0.2) is 0 Å². The van der Waals surface area contributed by atoms with E-state index < -0.39 is 0 Å². The number of rotatable bonds is 5. The summed E-state index contributed by atoms with van der Waals surface area (Å²) < 4.78 is 5.36. The molecule has 0 aliphatic heterocycles. The third kappa shape index (κ3) is 4.48. The van der Waals surface area contributed by atoms with Crippen molar-refractivity contribution in [3.63, 3.8) is 0 Å². The molecule has 0 aliphatic rings. The van der Waals surface area contributed by atoms with Gasteiger partial charge in [-0.05, 0) is 36.2 Å². The zero-order valence-corrected chi connectivity index (χ0v) is 12.5. The van der Waals surface area contributed by atoms with E-state index in [4.69, 9.17) is 22.1 Å². The number of hydrogen-bond donors (Lipinski definition) is 2. The summed E-state index contributed by atoms with van der Waals surface area (Å²) in [5, 5.41) is 3.36. The molecule has 0 heterocycles. The highest BCUT2D eigenvalue weighted by Crippen LogP contribution is 2.17. The maximum absolute atomic E-state index is 11.8. The molecule has 0 fully saturated rings. The average molecular weight is 305 g/mol. The second-order valence-electron chi connectivity index (χ2n) is 4.70. The van der Waals surface area contributed by atoms with Crippen molar-refractivity contribution in [1.29, 1.82) is 0 Å². The summed E-state index contributed by atoms with van der Waals surface area (Å²) in [4.78, 5) is 11.8. The summed E-state index contributed by atoms with van der Waals surface area (Å²) in [5.74, 6) is -0.231. The van der Waals surface area contributed by atoms with E-state index in [9.17, 15) is 4.79 Å². The first kappa shape index (κ1) is 15.4. The Bertz CT molecular complexity index is 644. The van der Waals surface area contributed by atoms with Crippen LogP contribution in [0.2, 0.25) is 5.02 Å². The molecule has 21 heavy (non-hydrogen) atoms. The van der Waals surface area contributed by atoms with Gasteiger partial charge >= 0.3 is 0 Å². The molecule has 0 atom stereocenters. The summed E-state index contributed by atoms with van der Waals surface area (Å²) in [7, 11) is 0. The minimum Gasteiger partial charge on any atom is -0.398 e. The Morgan fingerprint density at radius 1 is 1.29 bits per heavy atom. The van der Waals surface area contributed by atoms with Gasteiger partial charge in [-0.3, -0.25) is 4.79 Å². The lowest BCUT2D eigenvalue weighted by molar-refractivity contribution is -0.121. The second kappa shape index (κ2) is 7.11. The van der Waals surface area contributed by atoms with Crippen LogP contribution in [-0.2, 0) is 16.1 Å². The molecule has 0 saturated heterocycles. The summed E-state index contributed by atoms with van der Waals surface area (Å²) in [6.07, 6.45) is 0. The number of ether oxygens (including phenoxy) is 1. The number of carbonyl (C=O) groups is 1. The van der Waals surface area contributed by atoms with Gasteiger partial charge in [-0.2, -0.15) is 0 Å². The van der Waals surface area contributed by atoms with E-state index in [2.05, 4.69) is 5.32 Å². The third-order valence-electron chi connectivity index (χ3n) is 3.01. The summed E-state index contributed by atoms with van der Waals surface area (Å²) >= 11 is 6.01. The van der Waals surface area contributed by atoms with Crippen LogP contribution in [0.4, 0.5) is 11.4 Å². The van der Waals surface area contributed by atoms with Crippen molar-refractivity contribution in [3.8, 4) is 0 Å². The Kier molecular flexibility index (Phi) is 5.20. The molecule has 0 spiro atoms. The fourth-order valence-corrected chi connectivity index (χ4v) is 1.97. The predicted molar refractivity (Wildman–Crippen MR) is 85.3 cm³/mol. The average Bonchev–Trinajstić information content (AvgIpc) is 2.45. The van der Waals surface area contributed by atoms with Crippen molar-refractivity contribution in [1.82, 2.24) is 0 Å². The fourth-order valence-electron chi connectivity index (χ4n) is 1.78. The van der Waals surface area contributed by atoms with Gasteiger partial charge in [0.25, 0.3) is 0 Å². The van der Waals surface area contributed by atoms with E-state index in [1.807, 2.05) is 31.2 Å². The molecule has 4 nitrogen and oxygen atoms in total. The zero-order chi connectivity index (χ0) is 15.2. The monoisotopic (exact) mass is 304 g/mol. The van der Waals surface area contributed by atoms with E-state index in [1.165, 1.54) is 0 Å². The molecule has 0 aromatic heterocycles. The number of hydrogen-bond acceptors (Lipinski definition) is 3. The van der Waals surface area contributed by atoms with E-state index >= 15 is 0 Å². The SMILES string of the molecule is Cc1ccc(NC(=O)COCc2ccccc2Cl)cc1N. The van der Waals surface area contributed by atoms with E-state index in [0.717, 1.165) is 11.1 Å². The Morgan fingerprint density at radius 3 is 2.76 bits per heavy atom. The lowest BCUT2D eigenvalue weighted by atomic mass is 10.2. The van der Waals surface area contributed by atoms with Gasteiger partial charge in [0.05, 0.1) is 6.61 Å². The molecule has 110 valence electrons. The van der Waals surface area contributed by atoms with E-state index in [0.29, 0.717) is 23.0 Å². The van der Waals surface area contributed by atoms with Gasteiger partial charge < -0.3 is 15.8 Å². The fraction of sp³-hybridized carbons (Fsp3) is 0.188. The Morgan fingerprint density at radius 2 is 2.05 bits per heavy atom. The first-order chi connectivity index (χ1) is 10.1. The molecule has 0 unspecified atom stereocenters. The highest BCUT2D eigenvalue weighted by molar-refractivity contribution is 6.31. The summed E-state index contributed by atoms with van der Waals surface area (Å²) in [6, 6.07) is 12.8. The number of carbonyl (C=O) groups excluding carboxylic acids is 1. The van der Waals surface area contributed by atoms with E-state index in [-0.39, 0.29) is 12.5 Å². The number of nitrogen functional groups attached to an aromatic ring is 1. The normalized spacial score (nSPS) is 10.4. The topological polar surface area (TPSA) is 64.3 Å². The van der Waals surface area contributed by atoms with Gasteiger partial charge in [0.2, 0.25) is 5.91 Å². The maximum Gasteiger partial charge on any atom is 0.250 e. The zero-order valence-electron chi connectivity index (χ0n) is 11.7. The highest BCUT2D eigenvalue weighted by Gasteiger charge is 2.05. The highest BCUT2D eigenvalue weighted by atomic mass is 35.5. The minimum absolute atomic E-state index is 0.0427. The Balaban J connectivity index is 1.82. The number of nitrogens with one attached hydrogen (secondary N) is 1. The van der Waals surface area contributed by atoms with Crippen LogP contribution in [0, 0.1) is 6.92 Å². The molecule has 0 saturated carbocycles. The van der Waals surface area contributed by atoms with Crippen LogP contribution in [0.1, 0.15) is 11.1 Å². The van der Waals surface area contributed by atoms with Crippen LogP contribution in [0.15, 0.2) is 42.5 Å². The summed E-state index contributed by atoms with van der Waals surface area (Å²) in [5.41, 5.74) is 8.92. The molecular formula is C16H17ClN2O2. The number of anilines is 2. The Hall–Kier alpha value is -2.04. The molecule has 2 aromatic carbocycles. The van der Waals surface area contributed by atoms with Crippen LogP contribution in [0.5, 0.6) is 0 Å². The van der Waals surface area contributed by atoms with Crippen molar-refractivity contribution in [2.45, 2.75) is 13.5 Å². The van der Waals surface area contributed by atoms with Crippen LogP contribution >= 0.6 is 11.6 Å². The van der Waals surface area contributed by atoms with Gasteiger partial charge in [-0.25, -0.2) is 0 Å². The number of benzene rings is 2. The van der Waals surface area contributed by atoms with Crippen LogP contribution < -0.4 is 11.1 Å². The lowest BCUT2D eigenvalue weighted by Crippen LogP contribution is -2.18. The molecule has 5 heteroatoms. The van der Waals surface area contributed by atoms with Gasteiger partial charge in [0, 0.05) is 16.4 Å². The number of nitrogens with two attached hydrogens (primary N) is 1. The van der Waals surface area contributed by atoms with Crippen LogP contribution in [0.3, 0.4) is 0 Å². The summed E-state index contributed by atoms with van der Waals surface area (Å²) in [6.45, 7) is 2.16. The van der Waals surface area contributed by atoms with Crippen molar-refractivity contribution >= 4 is 28.9 Å². The first-order valence-corrected chi connectivity index (χ1v) is 6.91. The maximum atomic E-state index is 11.8. The number of amides is 1. The number of aryl methyl sites for hydroxylation is 1. The van der Waals surface area contributed by atoms with Crippen molar-refractivity contribution in [3.05, 3.63) is 58.6 Å². The quantitative estimate of drug-likeness (QED) is 0.832. The standard InChI is InChI=1S/C16H17ClN2O2/c1-11-6-7-13(8-15(11)18)19-16(20)10-21-9-12-4-2-3-5-14(12)17/h2-8H,9-10,18H2,1H3,(H,19,20). The second-order valence-corrected chi connectivity index (χ2v) is 5.11. The molecule has 0 aliphatic carbocycles. The van der Waals surface area contributed by atoms with Gasteiger partial charge in [-0.15, -0.1) is 0 Å². The van der Waals surface area contributed by atoms with Crippen LogP contribution in [0.25, 0.3) is 0 Å². The van der Waals surface area contributed by atoms with Gasteiger partial charge in [-0.1, -0.05) is 35.9 Å². The first-order valence-electron chi connectivity index (χ1n) is 6.53. The van der Waals surface area contributed by atoms with Crippen molar-refractivity contribution in [2.24, 2.45) is 0 Å². The smallest absolute Gasteiger partial charge is 0.250 e. The third-order valence-corrected chi connectivity index (χ3v) is 3.38. The van der Waals surface area contributed by atoms with Crippen LogP contribution in [-0.4, -0.2) is 12.5 Å². The molecule has 0 radical (unpaired) electrons. The molecule has 3 N–H and O–H groups in total. The molecule has 0 bridgehead atoms. The molecular weight excluding hydrogens is 288 g/mol. The van der Waals surface area contributed by atoms with Crippen molar-refractivity contribution in [2.75, 3.05) is 17.7 Å². The number of halogens is 1. The van der Waals surface area contributed by atoms with E-state index in [1.54, 1.807) is 18.2 Å². The minimum atomic E-state index is -0.231. The van der Waals surface area contributed by atoms with Gasteiger partial charge in [0.1, 0.15) is 6.61 Å². The molecule has 2 rings (SSSR count). The van der Waals surface area contributed by atoms with Crippen molar-refractivity contribution < 1.29 is 9.53 Å². The lowest BCUT2D eigenvalue weighted by Gasteiger charge is -2.09. The molecule has 1 amide bonds. The largest absolute Gasteiger partial charge is 0.398 e. The Labute approximate surface area is 128 Å².